The molecular weight excluding hydrogens is 210 g/mol. The number of aromatic hydroxyl groups is 1. The van der Waals surface area contributed by atoms with E-state index in [1.165, 1.54) is 0 Å². The molecule has 0 aliphatic heterocycles. The minimum absolute atomic E-state index is 0.0448. The van der Waals surface area contributed by atoms with Gasteiger partial charge in [-0.1, -0.05) is 17.3 Å². The number of rotatable bonds is 3. The molecule has 2 rings (SSSR count). The minimum atomic E-state index is -1.07. The fourth-order valence-corrected chi connectivity index (χ4v) is 1.42. The third-order valence-electron chi connectivity index (χ3n) is 2.16. The third kappa shape index (κ3) is 2.03. The molecule has 0 spiro atoms. The molecule has 0 amide bonds. The molecule has 1 heterocycles. The normalized spacial score (nSPS) is 10.2. The maximum atomic E-state index is 10.8. The van der Waals surface area contributed by atoms with E-state index >= 15 is 0 Å². The molecule has 1 aromatic carbocycles. The maximum Gasteiger partial charge on any atom is 0.340 e. The summed E-state index contributed by atoms with van der Waals surface area (Å²) in [5.41, 5.74) is 1.16. The number of hydrogen-bond acceptors (Lipinski definition) is 4. The number of aromatic carboxylic acids is 1. The first-order valence-corrected chi connectivity index (χ1v) is 4.61. The fraction of sp³-hybridized carbons (Fsp3) is 0.0909. The van der Waals surface area contributed by atoms with E-state index in [0.717, 1.165) is 11.8 Å². The molecule has 0 saturated heterocycles. The second-order valence-corrected chi connectivity index (χ2v) is 3.33. The van der Waals surface area contributed by atoms with Crippen molar-refractivity contribution in [3.05, 3.63) is 47.3 Å². The molecule has 0 saturated carbocycles. The molecule has 1 aromatic heterocycles. The van der Waals surface area contributed by atoms with Gasteiger partial charge in [-0.2, -0.15) is 0 Å². The van der Waals surface area contributed by atoms with Gasteiger partial charge in [0.15, 0.2) is 0 Å². The number of hydrogen-bond donors (Lipinski definition) is 2. The van der Waals surface area contributed by atoms with E-state index < -0.39 is 5.97 Å². The lowest BCUT2D eigenvalue weighted by Crippen LogP contribution is -2.00. The Morgan fingerprint density at radius 3 is 2.94 bits per heavy atom. The van der Waals surface area contributed by atoms with Gasteiger partial charge in [-0.25, -0.2) is 4.79 Å². The molecular formula is C11H9NO4. The van der Waals surface area contributed by atoms with Gasteiger partial charge < -0.3 is 14.7 Å². The number of benzene rings is 1. The van der Waals surface area contributed by atoms with Gasteiger partial charge in [0.1, 0.15) is 23.3 Å². The highest BCUT2D eigenvalue weighted by molar-refractivity contribution is 5.88. The van der Waals surface area contributed by atoms with Crippen LogP contribution >= 0.6 is 0 Å². The van der Waals surface area contributed by atoms with Gasteiger partial charge in [0.2, 0.25) is 0 Å². The maximum absolute atomic E-state index is 10.8. The van der Waals surface area contributed by atoms with Gasteiger partial charge >= 0.3 is 5.97 Å². The summed E-state index contributed by atoms with van der Waals surface area (Å²) in [6.45, 7) is 0. The van der Waals surface area contributed by atoms with Gasteiger partial charge in [0.05, 0.1) is 0 Å². The van der Waals surface area contributed by atoms with Crippen LogP contribution in [0.15, 0.2) is 35.1 Å². The molecule has 0 fully saturated rings. The Morgan fingerprint density at radius 1 is 1.44 bits per heavy atom. The zero-order valence-corrected chi connectivity index (χ0v) is 8.25. The molecule has 0 bridgehead atoms. The Hall–Kier alpha value is -2.30. The molecule has 5 heteroatoms. The fourth-order valence-electron chi connectivity index (χ4n) is 1.42. The van der Waals surface area contributed by atoms with Crippen molar-refractivity contribution in [2.24, 2.45) is 0 Å². The molecule has 0 radical (unpaired) electrons. The van der Waals surface area contributed by atoms with E-state index in [4.69, 9.17) is 5.11 Å². The Morgan fingerprint density at radius 2 is 2.25 bits per heavy atom. The van der Waals surface area contributed by atoms with Gasteiger partial charge in [0.25, 0.3) is 0 Å². The number of carbonyl (C=O) groups is 1. The van der Waals surface area contributed by atoms with Crippen LogP contribution in [0.25, 0.3) is 0 Å². The van der Waals surface area contributed by atoms with Crippen molar-refractivity contribution in [3.63, 3.8) is 0 Å². The summed E-state index contributed by atoms with van der Waals surface area (Å²) in [6.07, 6.45) is 1.41. The second kappa shape index (κ2) is 4.06. The van der Waals surface area contributed by atoms with Gasteiger partial charge in [-0.05, 0) is 17.7 Å². The lowest BCUT2D eigenvalue weighted by molar-refractivity contribution is 0.0695. The van der Waals surface area contributed by atoms with Crippen molar-refractivity contribution in [2.45, 2.75) is 6.42 Å². The summed E-state index contributed by atoms with van der Waals surface area (Å²) in [7, 11) is 0. The first kappa shape index (κ1) is 10.2. The van der Waals surface area contributed by atoms with Crippen LogP contribution in [0.5, 0.6) is 5.75 Å². The Kier molecular flexibility index (Phi) is 2.59. The second-order valence-electron chi connectivity index (χ2n) is 3.33. The first-order valence-electron chi connectivity index (χ1n) is 4.61. The summed E-state index contributed by atoms with van der Waals surface area (Å²) in [5, 5.41) is 21.7. The molecule has 0 atom stereocenters. The predicted molar refractivity (Wildman–Crippen MR) is 54.4 cm³/mol. The largest absolute Gasteiger partial charge is 0.508 e. The van der Waals surface area contributed by atoms with E-state index in [1.54, 1.807) is 24.3 Å². The lowest BCUT2D eigenvalue weighted by Gasteiger charge is -1.99. The van der Waals surface area contributed by atoms with Crippen LogP contribution in [0.2, 0.25) is 0 Å². The standard InChI is InChI=1S/C11H9NO4/c13-8-3-1-2-7(4-8)5-10-9(11(14)15)6-16-12-10/h1-4,6,13H,5H2,(H,14,15). The smallest absolute Gasteiger partial charge is 0.340 e. The van der Waals surface area contributed by atoms with Crippen molar-refractivity contribution in [2.75, 3.05) is 0 Å². The monoisotopic (exact) mass is 219 g/mol. The first-order chi connectivity index (χ1) is 7.66. The number of aromatic nitrogens is 1. The molecule has 82 valence electrons. The van der Waals surface area contributed by atoms with E-state index in [0.29, 0.717) is 12.1 Å². The van der Waals surface area contributed by atoms with E-state index in [-0.39, 0.29) is 11.3 Å². The lowest BCUT2D eigenvalue weighted by atomic mass is 10.1. The topological polar surface area (TPSA) is 83.6 Å². The van der Waals surface area contributed by atoms with Crippen LogP contribution in [-0.4, -0.2) is 21.3 Å². The highest BCUT2D eigenvalue weighted by Gasteiger charge is 2.14. The average Bonchev–Trinajstić information content (AvgIpc) is 2.66. The highest BCUT2D eigenvalue weighted by Crippen LogP contribution is 2.16. The zero-order valence-electron chi connectivity index (χ0n) is 8.25. The van der Waals surface area contributed by atoms with Crippen LogP contribution in [0.3, 0.4) is 0 Å². The summed E-state index contributed by atoms with van der Waals surface area (Å²) < 4.78 is 4.62. The summed E-state index contributed by atoms with van der Waals surface area (Å²) in [5.74, 6) is -0.936. The van der Waals surface area contributed by atoms with E-state index in [2.05, 4.69) is 9.68 Å². The van der Waals surface area contributed by atoms with Crippen LogP contribution in [-0.2, 0) is 6.42 Å². The quantitative estimate of drug-likeness (QED) is 0.820. The van der Waals surface area contributed by atoms with Gasteiger partial charge in [-0.15, -0.1) is 0 Å². The Labute approximate surface area is 90.9 Å². The van der Waals surface area contributed by atoms with Crippen LogP contribution in [0, 0.1) is 0 Å². The molecule has 5 nitrogen and oxygen atoms in total. The van der Waals surface area contributed by atoms with Crippen molar-refractivity contribution in [1.82, 2.24) is 5.16 Å². The molecule has 0 aliphatic carbocycles. The van der Waals surface area contributed by atoms with Crippen molar-refractivity contribution >= 4 is 5.97 Å². The molecule has 16 heavy (non-hydrogen) atoms. The Balaban J connectivity index is 2.27. The molecule has 0 unspecified atom stereocenters. The van der Waals surface area contributed by atoms with Gasteiger partial charge in [-0.3, -0.25) is 0 Å². The van der Waals surface area contributed by atoms with Crippen LogP contribution < -0.4 is 0 Å². The molecule has 2 aromatic rings. The number of carboxylic acids is 1. The SMILES string of the molecule is O=C(O)c1conc1Cc1cccc(O)c1. The summed E-state index contributed by atoms with van der Waals surface area (Å²) in [4.78, 5) is 10.8. The van der Waals surface area contributed by atoms with Crippen molar-refractivity contribution < 1.29 is 19.5 Å². The number of phenolic OH excluding ortho intramolecular Hbond substituents is 1. The van der Waals surface area contributed by atoms with Crippen LogP contribution in [0.1, 0.15) is 21.6 Å². The number of carboxylic acid groups (broad SMARTS) is 1. The highest BCUT2D eigenvalue weighted by atomic mass is 16.5. The van der Waals surface area contributed by atoms with E-state index in [1.807, 2.05) is 0 Å². The van der Waals surface area contributed by atoms with Crippen LogP contribution in [0.4, 0.5) is 0 Å². The number of phenols is 1. The predicted octanol–water partition coefficient (Wildman–Crippen LogP) is 1.67. The third-order valence-corrected chi connectivity index (χ3v) is 2.16. The van der Waals surface area contributed by atoms with Gasteiger partial charge in [0, 0.05) is 6.42 Å². The van der Waals surface area contributed by atoms with Crippen molar-refractivity contribution in [3.8, 4) is 5.75 Å². The average molecular weight is 219 g/mol. The zero-order chi connectivity index (χ0) is 11.5. The number of nitrogens with zero attached hydrogens (tertiary/aromatic N) is 1. The van der Waals surface area contributed by atoms with E-state index in [9.17, 15) is 9.90 Å². The Bertz CT molecular complexity index is 518. The summed E-state index contributed by atoms with van der Waals surface area (Å²) in [6, 6.07) is 6.57. The summed E-state index contributed by atoms with van der Waals surface area (Å²) >= 11 is 0. The van der Waals surface area contributed by atoms with Crippen molar-refractivity contribution in [1.29, 1.82) is 0 Å². The molecule has 0 aliphatic rings. The minimum Gasteiger partial charge on any atom is -0.508 e. The molecule has 2 N–H and O–H groups in total.